The molecule has 32 heavy (non-hydrogen) atoms. The lowest BCUT2D eigenvalue weighted by atomic mass is 9.87. The number of aromatic carboxylic acids is 1. The SMILES string of the molecule is CCN(CC)CCCCc1ccccc1S(=O)(=O)Nc1ccc2c(c1C(=O)O)CCCC2. The number of aryl methyl sites for hydroxylation is 2. The lowest BCUT2D eigenvalue weighted by Gasteiger charge is -2.21. The number of carboxylic acid groups (broad SMARTS) is 1. The van der Waals surface area contributed by atoms with E-state index < -0.39 is 16.0 Å². The smallest absolute Gasteiger partial charge is 0.338 e. The number of fused-ring (bicyclic) bond motifs is 1. The first-order chi connectivity index (χ1) is 15.4. The second-order valence-corrected chi connectivity index (χ2v) is 9.99. The predicted octanol–water partition coefficient (Wildman–Crippen LogP) is 4.73. The van der Waals surface area contributed by atoms with Gasteiger partial charge >= 0.3 is 5.97 Å². The molecule has 0 saturated heterocycles. The Morgan fingerprint density at radius 1 is 1.03 bits per heavy atom. The molecule has 0 aromatic heterocycles. The van der Waals surface area contributed by atoms with Crippen LogP contribution < -0.4 is 4.72 Å². The Bertz CT molecular complexity index is 1050. The monoisotopic (exact) mass is 458 g/mol. The number of hydrogen-bond acceptors (Lipinski definition) is 4. The Hall–Kier alpha value is -2.38. The van der Waals surface area contributed by atoms with Crippen LogP contribution in [-0.4, -0.2) is 44.0 Å². The van der Waals surface area contributed by atoms with Crippen LogP contribution in [0.25, 0.3) is 0 Å². The molecule has 0 heterocycles. The fraction of sp³-hybridized carbons (Fsp3) is 0.480. The lowest BCUT2D eigenvalue weighted by molar-refractivity contribution is 0.0696. The first-order valence-corrected chi connectivity index (χ1v) is 13.1. The summed E-state index contributed by atoms with van der Waals surface area (Å²) in [5.74, 6) is -1.09. The molecule has 0 amide bonds. The molecule has 174 valence electrons. The molecule has 0 radical (unpaired) electrons. The quantitative estimate of drug-likeness (QED) is 0.476. The maximum Gasteiger partial charge on any atom is 0.338 e. The van der Waals surface area contributed by atoms with Gasteiger partial charge in [-0.1, -0.05) is 38.1 Å². The van der Waals surface area contributed by atoms with Gasteiger partial charge in [-0.2, -0.15) is 0 Å². The second-order valence-electron chi connectivity index (χ2n) is 8.34. The van der Waals surface area contributed by atoms with E-state index in [-0.39, 0.29) is 16.1 Å². The van der Waals surface area contributed by atoms with Crippen molar-refractivity contribution in [1.82, 2.24) is 4.90 Å². The van der Waals surface area contributed by atoms with Crippen LogP contribution in [0.15, 0.2) is 41.3 Å². The Morgan fingerprint density at radius 3 is 2.47 bits per heavy atom. The van der Waals surface area contributed by atoms with Gasteiger partial charge in [-0.3, -0.25) is 4.72 Å². The van der Waals surface area contributed by atoms with E-state index in [1.165, 1.54) is 0 Å². The van der Waals surface area contributed by atoms with Crippen molar-refractivity contribution in [3.63, 3.8) is 0 Å². The highest BCUT2D eigenvalue weighted by atomic mass is 32.2. The molecule has 1 aliphatic carbocycles. The zero-order chi connectivity index (χ0) is 23.1. The number of nitrogens with zero attached hydrogens (tertiary/aromatic N) is 1. The highest BCUT2D eigenvalue weighted by molar-refractivity contribution is 7.92. The summed E-state index contributed by atoms with van der Waals surface area (Å²) >= 11 is 0. The highest BCUT2D eigenvalue weighted by Gasteiger charge is 2.25. The number of carbonyl (C=O) groups is 1. The summed E-state index contributed by atoms with van der Waals surface area (Å²) in [7, 11) is -3.91. The summed E-state index contributed by atoms with van der Waals surface area (Å²) in [6.07, 6.45) is 5.99. The summed E-state index contributed by atoms with van der Waals surface area (Å²) in [5, 5.41) is 9.83. The van der Waals surface area contributed by atoms with Crippen molar-refractivity contribution in [3.8, 4) is 0 Å². The number of anilines is 1. The van der Waals surface area contributed by atoms with Crippen LogP contribution in [0.2, 0.25) is 0 Å². The minimum absolute atomic E-state index is 0.0856. The van der Waals surface area contributed by atoms with Crippen LogP contribution in [0.3, 0.4) is 0 Å². The average molecular weight is 459 g/mol. The van der Waals surface area contributed by atoms with E-state index in [0.29, 0.717) is 12.8 Å². The van der Waals surface area contributed by atoms with E-state index in [1.807, 2.05) is 18.2 Å². The van der Waals surface area contributed by atoms with Crippen molar-refractivity contribution in [2.75, 3.05) is 24.4 Å². The summed E-state index contributed by atoms with van der Waals surface area (Å²) in [4.78, 5) is 14.6. The summed E-state index contributed by atoms with van der Waals surface area (Å²) < 4.78 is 29.2. The maximum absolute atomic E-state index is 13.3. The Balaban J connectivity index is 1.82. The first-order valence-electron chi connectivity index (χ1n) is 11.6. The van der Waals surface area contributed by atoms with E-state index in [1.54, 1.807) is 18.2 Å². The van der Waals surface area contributed by atoms with Crippen LogP contribution in [0.4, 0.5) is 5.69 Å². The minimum atomic E-state index is -3.91. The highest BCUT2D eigenvalue weighted by Crippen LogP contribution is 2.31. The number of benzene rings is 2. The third kappa shape index (κ3) is 5.70. The van der Waals surface area contributed by atoms with Gasteiger partial charge in [0, 0.05) is 0 Å². The molecule has 7 heteroatoms. The van der Waals surface area contributed by atoms with E-state index in [2.05, 4.69) is 23.5 Å². The fourth-order valence-electron chi connectivity index (χ4n) is 4.52. The second kappa shape index (κ2) is 11.0. The van der Waals surface area contributed by atoms with Crippen molar-refractivity contribution in [3.05, 3.63) is 58.7 Å². The van der Waals surface area contributed by atoms with Gasteiger partial charge in [0.25, 0.3) is 10.0 Å². The van der Waals surface area contributed by atoms with Gasteiger partial charge in [-0.15, -0.1) is 0 Å². The van der Waals surface area contributed by atoms with Crippen LogP contribution >= 0.6 is 0 Å². The lowest BCUT2D eigenvalue weighted by Crippen LogP contribution is -2.24. The number of rotatable bonds is 11. The third-order valence-corrected chi connectivity index (χ3v) is 7.78. The van der Waals surface area contributed by atoms with Crippen LogP contribution in [-0.2, 0) is 29.3 Å². The molecule has 0 bridgehead atoms. The number of sulfonamides is 1. The van der Waals surface area contributed by atoms with Crippen LogP contribution in [0.1, 0.15) is 66.6 Å². The van der Waals surface area contributed by atoms with Crippen molar-refractivity contribution < 1.29 is 18.3 Å². The molecule has 2 aromatic carbocycles. The van der Waals surface area contributed by atoms with Gasteiger partial charge in [-0.25, -0.2) is 13.2 Å². The van der Waals surface area contributed by atoms with Crippen molar-refractivity contribution >= 4 is 21.7 Å². The molecule has 0 aliphatic heterocycles. The van der Waals surface area contributed by atoms with Crippen LogP contribution in [0, 0.1) is 0 Å². The topological polar surface area (TPSA) is 86.7 Å². The van der Waals surface area contributed by atoms with Crippen molar-refractivity contribution in [2.45, 2.75) is 63.7 Å². The van der Waals surface area contributed by atoms with Gasteiger partial charge in [-0.05, 0) is 93.4 Å². The summed E-state index contributed by atoms with van der Waals surface area (Å²) in [6.45, 7) is 7.31. The fourth-order valence-corrected chi connectivity index (χ4v) is 5.86. The molecule has 2 aromatic rings. The number of unbranched alkanes of at least 4 members (excludes halogenated alkanes) is 1. The minimum Gasteiger partial charge on any atom is -0.478 e. The molecule has 0 saturated carbocycles. The molecule has 0 spiro atoms. The molecule has 0 fully saturated rings. The summed E-state index contributed by atoms with van der Waals surface area (Å²) in [5.41, 5.74) is 2.75. The van der Waals surface area contributed by atoms with E-state index in [0.717, 1.165) is 68.4 Å². The maximum atomic E-state index is 13.3. The van der Waals surface area contributed by atoms with Gasteiger partial charge in [0.1, 0.15) is 0 Å². The predicted molar refractivity (Wildman–Crippen MR) is 128 cm³/mol. The van der Waals surface area contributed by atoms with Crippen molar-refractivity contribution in [1.29, 1.82) is 0 Å². The Kier molecular flexibility index (Phi) is 8.32. The van der Waals surface area contributed by atoms with Crippen molar-refractivity contribution in [2.24, 2.45) is 0 Å². The van der Waals surface area contributed by atoms with Gasteiger partial charge in [0.15, 0.2) is 0 Å². The van der Waals surface area contributed by atoms with Crippen LogP contribution in [0.5, 0.6) is 0 Å². The standard InChI is InChI=1S/C25H34N2O4S/c1-3-27(4-2)18-10-9-13-20-12-6-8-15-23(20)32(30,31)26-22-17-16-19-11-5-7-14-21(19)24(22)25(28)29/h6,8,12,15-17,26H,3-5,7,9-11,13-14,18H2,1-2H3,(H,28,29). The molecule has 0 atom stereocenters. The molecular weight excluding hydrogens is 424 g/mol. The Labute approximate surface area is 191 Å². The molecule has 3 rings (SSSR count). The Morgan fingerprint density at radius 2 is 1.75 bits per heavy atom. The largest absolute Gasteiger partial charge is 0.478 e. The number of nitrogens with one attached hydrogen (secondary N) is 1. The van der Waals surface area contributed by atoms with Gasteiger partial charge < -0.3 is 10.0 Å². The first kappa shape index (κ1) is 24.3. The number of carboxylic acids is 1. The van der Waals surface area contributed by atoms with E-state index in [4.69, 9.17) is 0 Å². The summed E-state index contributed by atoms with van der Waals surface area (Å²) in [6, 6.07) is 10.5. The third-order valence-electron chi connectivity index (χ3n) is 6.32. The molecule has 1 aliphatic rings. The molecule has 2 N–H and O–H groups in total. The normalized spacial score (nSPS) is 13.7. The zero-order valence-corrected chi connectivity index (χ0v) is 19.9. The molecule has 6 nitrogen and oxygen atoms in total. The average Bonchev–Trinajstić information content (AvgIpc) is 2.78. The van der Waals surface area contributed by atoms with E-state index >= 15 is 0 Å². The number of hydrogen-bond donors (Lipinski definition) is 2. The zero-order valence-electron chi connectivity index (χ0n) is 19.1. The van der Waals surface area contributed by atoms with E-state index in [9.17, 15) is 18.3 Å². The molecule has 0 unspecified atom stereocenters. The molecular formula is C25H34N2O4S. The van der Waals surface area contributed by atoms with Gasteiger partial charge in [0.2, 0.25) is 0 Å². The van der Waals surface area contributed by atoms with Gasteiger partial charge in [0.05, 0.1) is 16.1 Å².